The molecule has 30 heavy (non-hydrogen) atoms. The van der Waals surface area contributed by atoms with Crippen LogP contribution in [0, 0.1) is 25.2 Å². The number of nitrogens with zero attached hydrogens (tertiary/aromatic N) is 4. The zero-order valence-electron chi connectivity index (χ0n) is 18.0. The third-order valence-electron chi connectivity index (χ3n) is 5.97. The summed E-state index contributed by atoms with van der Waals surface area (Å²) in [6, 6.07) is 8.39. The molecule has 2 aliphatic rings. The number of nitriles is 1. The summed E-state index contributed by atoms with van der Waals surface area (Å²) in [6.45, 7) is 9.44. The molecule has 2 aliphatic heterocycles. The van der Waals surface area contributed by atoms with E-state index in [0.29, 0.717) is 25.9 Å². The number of benzene rings is 1. The highest BCUT2D eigenvalue weighted by Gasteiger charge is 2.20. The Morgan fingerprint density at radius 3 is 2.63 bits per heavy atom. The van der Waals surface area contributed by atoms with E-state index in [1.165, 1.54) is 16.8 Å². The maximum atomic E-state index is 12.4. The van der Waals surface area contributed by atoms with Gasteiger partial charge in [-0.25, -0.2) is 0 Å². The van der Waals surface area contributed by atoms with Crippen LogP contribution in [0.25, 0.3) is 0 Å². The lowest BCUT2D eigenvalue weighted by Gasteiger charge is -2.36. The van der Waals surface area contributed by atoms with Crippen molar-refractivity contribution < 1.29 is 9.59 Å². The van der Waals surface area contributed by atoms with Crippen molar-refractivity contribution in [3.63, 3.8) is 0 Å². The van der Waals surface area contributed by atoms with Crippen LogP contribution in [0.2, 0.25) is 0 Å². The van der Waals surface area contributed by atoms with Crippen LogP contribution in [-0.4, -0.2) is 67.4 Å². The Morgan fingerprint density at radius 2 is 1.97 bits per heavy atom. The fraction of sp³-hybridized carbons (Fsp3) is 0.522. The minimum atomic E-state index is -0.345. The van der Waals surface area contributed by atoms with Gasteiger partial charge in [0.05, 0.1) is 0 Å². The van der Waals surface area contributed by atoms with Crippen LogP contribution in [0.5, 0.6) is 0 Å². The summed E-state index contributed by atoms with van der Waals surface area (Å²) in [4.78, 5) is 30.2. The van der Waals surface area contributed by atoms with Crippen LogP contribution < -0.4 is 10.2 Å². The van der Waals surface area contributed by atoms with Gasteiger partial charge in [0.1, 0.15) is 11.6 Å². The second-order valence-electron chi connectivity index (χ2n) is 7.99. The van der Waals surface area contributed by atoms with Gasteiger partial charge >= 0.3 is 0 Å². The second kappa shape index (κ2) is 10.1. The largest absolute Gasteiger partial charge is 0.373 e. The first kappa shape index (κ1) is 21.7. The number of rotatable bonds is 7. The number of carbonyl (C=O) groups is 2. The molecule has 0 radical (unpaired) electrons. The summed E-state index contributed by atoms with van der Waals surface area (Å²) in [5, 5.41) is 12.2. The highest BCUT2D eigenvalue weighted by Crippen LogP contribution is 2.24. The molecule has 1 aromatic carbocycles. The molecular weight excluding hydrogens is 378 g/mol. The molecule has 0 unspecified atom stereocenters. The lowest BCUT2D eigenvalue weighted by Crippen LogP contribution is -2.44. The van der Waals surface area contributed by atoms with E-state index in [0.717, 1.165) is 39.1 Å². The Balaban J connectivity index is 1.46. The topological polar surface area (TPSA) is 79.7 Å². The molecule has 160 valence electrons. The van der Waals surface area contributed by atoms with E-state index in [2.05, 4.69) is 42.3 Å². The van der Waals surface area contributed by atoms with Crippen molar-refractivity contribution in [2.45, 2.75) is 33.1 Å². The van der Waals surface area contributed by atoms with Crippen molar-refractivity contribution in [2.75, 3.05) is 50.7 Å². The van der Waals surface area contributed by atoms with E-state index < -0.39 is 0 Å². The normalized spacial score (nSPS) is 17.3. The van der Waals surface area contributed by atoms with Crippen molar-refractivity contribution in [1.29, 1.82) is 5.26 Å². The number of piperazine rings is 1. The number of hydrogen-bond donors (Lipinski definition) is 1. The van der Waals surface area contributed by atoms with Gasteiger partial charge in [0.25, 0.3) is 5.91 Å². The molecule has 2 fully saturated rings. The van der Waals surface area contributed by atoms with Crippen LogP contribution in [0.1, 0.15) is 30.4 Å². The Morgan fingerprint density at radius 1 is 1.20 bits per heavy atom. The van der Waals surface area contributed by atoms with E-state index in [4.69, 9.17) is 0 Å². The highest BCUT2D eigenvalue weighted by molar-refractivity contribution is 5.97. The van der Waals surface area contributed by atoms with Crippen LogP contribution in [0.4, 0.5) is 5.69 Å². The molecule has 0 bridgehead atoms. The van der Waals surface area contributed by atoms with Gasteiger partial charge in [-0.15, -0.1) is 0 Å². The van der Waals surface area contributed by atoms with Crippen LogP contribution in [0.3, 0.4) is 0 Å². The number of carbonyl (C=O) groups excluding carboxylic acids is 2. The zero-order chi connectivity index (χ0) is 21.5. The van der Waals surface area contributed by atoms with E-state index >= 15 is 0 Å². The van der Waals surface area contributed by atoms with Crippen molar-refractivity contribution in [1.82, 2.24) is 15.1 Å². The summed E-state index contributed by atoms with van der Waals surface area (Å²) in [5.41, 5.74) is 3.97. The third kappa shape index (κ3) is 5.32. The quantitative estimate of drug-likeness (QED) is 0.423. The molecule has 0 aliphatic carbocycles. The van der Waals surface area contributed by atoms with E-state index in [-0.39, 0.29) is 17.4 Å². The minimum absolute atomic E-state index is 0.132. The lowest BCUT2D eigenvalue weighted by atomic mass is 10.1. The first-order valence-electron chi connectivity index (χ1n) is 10.7. The van der Waals surface area contributed by atoms with E-state index in [1.807, 2.05) is 15.9 Å². The molecule has 0 saturated carbocycles. The van der Waals surface area contributed by atoms with Gasteiger partial charge in [0.2, 0.25) is 5.91 Å². The van der Waals surface area contributed by atoms with Crippen LogP contribution >= 0.6 is 0 Å². The molecule has 0 atom stereocenters. The molecule has 2 amide bonds. The molecular formula is C23H31N5O2. The number of nitrogens with one attached hydrogen (secondary N) is 1. The predicted molar refractivity (Wildman–Crippen MR) is 117 cm³/mol. The average Bonchev–Trinajstić information content (AvgIpc) is 3.16. The molecule has 7 heteroatoms. The second-order valence-corrected chi connectivity index (χ2v) is 7.99. The minimum Gasteiger partial charge on any atom is -0.373 e. The highest BCUT2D eigenvalue weighted by atomic mass is 16.2. The van der Waals surface area contributed by atoms with E-state index in [1.54, 1.807) is 6.20 Å². The molecule has 0 aromatic heterocycles. The smallest absolute Gasteiger partial charge is 0.263 e. The molecule has 2 heterocycles. The Hall–Kier alpha value is -3.01. The average molecular weight is 410 g/mol. The molecule has 1 N–H and O–H groups in total. The first-order chi connectivity index (χ1) is 14.5. The van der Waals surface area contributed by atoms with Gasteiger partial charge in [-0.1, -0.05) is 12.1 Å². The lowest BCUT2D eigenvalue weighted by molar-refractivity contribution is -0.127. The number of aryl methyl sites for hydroxylation is 1. The number of anilines is 1. The molecule has 3 rings (SSSR count). The standard InChI is InChI=1S/C23H31N5O2/c1-18-6-3-7-21(19(18)2)27-14-12-26(13-15-27)17-20(16-24)23(30)25-9-5-11-28-10-4-8-22(28)29/h3,6-7,17H,4-5,8-15H2,1-2H3,(H,25,30)/b20-17-. The van der Waals surface area contributed by atoms with Gasteiger partial charge in [0.15, 0.2) is 0 Å². The van der Waals surface area contributed by atoms with Gasteiger partial charge in [-0.05, 0) is 43.9 Å². The molecule has 1 aromatic rings. The van der Waals surface area contributed by atoms with Crippen LogP contribution in [0.15, 0.2) is 30.0 Å². The molecule has 0 spiro atoms. The first-order valence-corrected chi connectivity index (χ1v) is 10.7. The SMILES string of the molecule is Cc1cccc(N2CCN(/C=C(/C#N)C(=O)NCCCN3CCCC3=O)CC2)c1C. The van der Waals surface area contributed by atoms with Gasteiger partial charge < -0.3 is 20.0 Å². The summed E-state index contributed by atoms with van der Waals surface area (Å²) < 4.78 is 0. The van der Waals surface area contributed by atoms with Crippen molar-refractivity contribution >= 4 is 17.5 Å². The zero-order valence-corrected chi connectivity index (χ0v) is 18.0. The maximum absolute atomic E-state index is 12.4. The molecule has 7 nitrogen and oxygen atoms in total. The van der Waals surface area contributed by atoms with Gasteiger partial charge in [0, 0.05) is 64.1 Å². The Kier molecular flexibility index (Phi) is 7.34. The summed E-state index contributed by atoms with van der Waals surface area (Å²) in [7, 11) is 0. The fourth-order valence-corrected chi connectivity index (χ4v) is 4.00. The Labute approximate surface area is 178 Å². The monoisotopic (exact) mass is 409 g/mol. The van der Waals surface area contributed by atoms with Gasteiger partial charge in [-0.3, -0.25) is 9.59 Å². The van der Waals surface area contributed by atoms with Crippen molar-refractivity contribution in [3.05, 3.63) is 41.1 Å². The van der Waals surface area contributed by atoms with Gasteiger partial charge in [-0.2, -0.15) is 5.26 Å². The number of hydrogen-bond acceptors (Lipinski definition) is 5. The Bertz CT molecular complexity index is 850. The third-order valence-corrected chi connectivity index (χ3v) is 5.97. The molecule has 2 saturated heterocycles. The summed E-state index contributed by atoms with van der Waals surface area (Å²) in [6.07, 6.45) is 3.93. The maximum Gasteiger partial charge on any atom is 0.263 e. The predicted octanol–water partition coefficient (Wildman–Crippen LogP) is 1.96. The van der Waals surface area contributed by atoms with Crippen LogP contribution in [-0.2, 0) is 9.59 Å². The summed E-state index contributed by atoms with van der Waals surface area (Å²) >= 11 is 0. The fourth-order valence-electron chi connectivity index (χ4n) is 4.00. The number of amides is 2. The number of likely N-dealkylation sites (tertiary alicyclic amines) is 1. The summed E-state index contributed by atoms with van der Waals surface area (Å²) in [5.74, 6) is -0.152. The van der Waals surface area contributed by atoms with E-state index in [9.17, 15) is 14.9 Å². The van der Waals surface area contributed by atoms with Crippen molar-refractivity contribution in [2.24, 2.45) is 0 Å². The van der Waals surface area contributed by atoms with Crippen molar-refractivity contribution in [3.8, 4) is 6.07 Å².